The number of hydrogen-bond donors (Lipinski definition) is 0. The van der Waals surface area contributed by atoms with Crippen LogP contribution >= 0.6 is 0 Å². The van der Waals surface area contributed by atoms with Gasteiger partial charge < -0.3 is 4.74 Å². The van der Waals surface area contributed by atoms with E-state index in [4.69, 9.17) is 4.74 Å². The third-order valence-corrected chi connectivity index (χ3v) is 3.36. The fourth-order valence-corrected chi connectivity index (χ4v) is 2.27. The van der Waals surface area contributed by atoms with Gasteiger partial charge in [0.2, 0.25) is 0 Å². The second-order valence-corrected chi connectivity index (χ2v) is 4.72. The van der Waals surface area contributed by atoms with Gasteiger partial charge in [0, 0.05) is 12.3 Å². The standard InChI is InChI=1S/C16H21NO/c1-18-16-11-9-14(10-12-16)6-5-13-17-15-7-3-2-4-8-15/h5-6,9-13,15H,2-4,7-8H2,1H3/b6-5+,17-13?. The number of rotatable bonds is 4. The van der Waals surface area contributed by atoms with Crippen molar-refractivity contribution < 1.29 is 4.74 Å². The first-order valence-electron chi connectivity index (χ1n) is 6.72. The number of aliphatic imine (C=N–C) groups is 1. The molecule has 2 heteroatoms. The Hall–Kier alpha value is -1.57. The number of methoxy groups -OCH3 is 1. The summed E-state index contributed by atoms with van der Waals surface area (Å²) in [6.45, 7) is 0. The average molecular weight is 243 g/mol. The molecule has 0 aliphatic heterocycles. The number of allylic oxidation sites excluding steroid dienone is 1. The molecule has 0 spiro atoms. The molecule has 2 nitrogen and oxygen atoms in total. The fraction of sp³-hybridized carbons (Fsp3) is 0.438. The van der Waals surface area contributed by atoms with Gasteiger partial charge in [-0.2, -0.15) is 0 Å². The summed E-state index contributed by atoms with van der Waals surface area (Å²) in [6.07, 6.45) is 12.6. The zero-order valence-corrected chi connectivity index (χ0v) is 11.0. The molecule has 0 radical (unpaired) electrons. The molecule has 1 aromatic rings. The van der Waals surface area contributed by atoms with Crippen molar-refractivity contribution in [3.05, 3.63) is 35.9 Å². The van der Waals surface area contributed by atoms with Crippen LogP contribution in [0.5, 0.6) is 5.75 Å². The molecule has 2 rings (SSSR count). The lowest BCUT2D eigenvalue weighted by molar-refractivity contribution is 0.415. The molecule has 0 N–H and O–H groups in total. The Labute approximate surface area is 109 Å². The summed E-state index contributed by atoms with van der Waals surface area (Å²) in [6, 6.07) is 8.59. The molecule has 18 heavy (non-hydrogen) atoms. The van der Waals surface area contributed by atoms with Gasteiger partial charge in [-0.25, -0.2) is 0 Å². The van der Waals surface area contributed by atoms with E-state index in [9.17, 15) is 0 Å². The summed E-state index contributed by atoms with van der Waals surface area (Å²) in [5, 5.41) is 0. The molecule has 0 aromatic heterocycles. The van der Waals surface area contributed by atoms with Crippen LogP contribution in [0.25, 0.3) is 6.08 Å². The monoisotopic (exact) mass is 243 g/mol. The minimum atomic E-state index is 0.555. The zero-order chi connectivity index (χ0) is 12.6. The van der Waals surface area contributed by atoms with Crippen molar-refractivity contribution in [2.24, 2.45) is 4.99 Å². The Balaban J connectivity index is 1.84. The van der Waals surface area contributed by atoms with E-state index < -0.39 is 0 Å². The molecule has 0 heterocycles. The van der Waals surface area contributed by atoms with Gasteiger partial charge in [-0.3, -0.25) is 4.99 Å². The summed E-state index contributed by atoms with van der Waals surface area (Å²) in [7, 11) is 1.68. The molecule has 1 aromatic carbocycles. The maximum Gasteiger partial charge on any atom is 0.118 e. The predicted octanol–water partition coefficient (Wildman–Crippen LogP) is 4.11. The second-order valence-electron chi connectivity index (χ2n) is 4.72. The second kappa shape index (κ2) is 7.00. The van der Waals surface area contributed by atoms with E-state index in [1.807, 2.05) is 36.6 Å². The highest BCUT2D eigenvalue weighted by Crippen LogP contribution is 2.19. The Kier molecular flexibility index (Phi) is 5.00. The smallest absolute Gasteiger partial charge is 0.118 e. The summed E-state index contributed by atoms with van der Waals surface area (Å²) in [5.41, 5.74) is 1.17. The number of benzene rings is 1. The van der Waals surface area contributed by atoms with E-state index in [0.717, 1.165) is 5.75 Å². The van der Waals surface area contributed by atoms with Gasteiger partial charge in [-0.1, -0.05) is 37.5 Å². The van der Waals surface area contributed by atoms with Crippen molar-refractivity contribution in [2.75, 3.05) is 7.11 Å². The predicted molar refractivity (Wildman–Crippen MR) is 77.4 cm³/mol. The molecule has 0 atom stereocenters. The largest absolute Gasteiger partial charge is 0.497 e. The first kappa shape index (κ1) is 12.9. The summed E-state index contributed by atoms with van der Waals surface area (Å²) < 4.78 is 5.12. The molecule has 1 saturated carbocycles. The van der Waals surface area contributed by atoms with Crippen LogP contribution in [0.1, 0.15) is 37.7 Å². The molecule has 1 aliphatic rings. The quantitative estimate of drug-likeness (QED) is 0.729. The highest BCUT2D eigenvalue weighted by Gasteiger charge is 2.09. The van der Waals surface area contributed by atoms with Gasteiger partial charge in [0.1, 0.15) is 5.75 Å². The van der Waals surface area contributed by atoms with Crippen LogP contribution in [-0.4, -0.2) is 19.4 Å². The molecule has 0 saturated heterocycles. The minimum absolute atomic E-state index is 0.555. The van der Waals surface area contributed by atoms with Gasteiger partial charge in [-0.15, -0.1) is 0 Å². The van der Waals surface area contributed by atoms with Crippen molar-refractivity contribution in [1.29, 1.82) is 0 Å². The third kappa shape index (κ3) is 4.02. The van der Waals surface area contributed by atoms with E-state index in [0.29, 0.717) is 6.04 Å². The van der Waals surface area contributed by atoms with Crippen LogP contribution in [0, 0.1) is 0 Å². The van der Waals surface area contributed by atoms with Crippen molar-refractivity contribution in [1.82, 2.24) is 0 Å². The van der Waals surface area contributed by atoms with Crippen LogP contribution in [0.3, 0.4) is 0 Å². The lowest BCUT2D eigenvalue weighted by atomic mass is 9.96. The molecule has 1 fully saturated rings. The number of ether oxygens (including phenoxy) is 1. The van der Waals surface area contributed by atoms with Crippen LogP contribution in [0.15, 0.2) is 35.3 Å². The molecular formula is C16H21NO. The van der Waals surface area contributed by atoms with Crippen molar-refractivity contribution in [2.45, 2.75) is 38.1 Å². The van der Waals surface area contributed by atoms with Crippen molar-refractivity contribution in [3.8, 4) is 5.75 Å². The van der Waals surface area contributed by atoms with E-state index in [1.165, 1.54) is 37.7 Å². The van der Waals surface area contributed by atoms with Crippen molar-refractivity contribution >= 4 is 12.3 Å². The maximum atomic E-state index is 5.12. The molecule has 96 valence electrons. The first-order chi connectivity index (χ1) is 8.88. The van der Waals surface area contributed by atoms with Gasteiger partial charge in [0.15, 0.2) is 0 Å². The third-order valence-electron chi connectivity index (χ3n) is 3.36. The van der Waals surface area contributed by atoms with Crippen LogP contribution in [0.4, 0.5) is 0 Å². The Morgan fingerprint density at radius 2 is 1.83 bits per heavy atom. The molecule has 0 unspecified atom stereocenters. The maximum absolute atomic E-state index is 5.12. The lowest BCUT2D eigenvalue weighted by Gasteiger charge is -2.16. The van der Waals surface area contributed by atoms with Gasteiger partial charge >= 0.3 is 0 Å². The summed E-state index contributed by atoms with van der Waals surface area (Å²) >= 11 is 0. The topological polar surface area (TPSA) is 21.6 Å². The molecular weight excluding hydrogens is 222 g/mol. The van der Waals surface area contributed by atoms with Crippen LogP contribution < -0.4 is 4.74 Å². The van der Waals surface area contributed by atoms with E-state index >= 15 is 0 Å². The van der Waals surface area contributed by atoms with E-state index in [-0.39, 0.29) is 0 Å². The van der Waals surface area contributed by atoms with Gasteiger partial charge in [-0.05, 0) is 36.6 Å². The Morgan fingerprint density at radius 3 is 2.50 bits per heavy atom. The first-order valence-corrected chi connectivity index (χ1v) is 6.72. The molecule has 1 aliphatic carbocycles. The lowest BCUT2D eigenvalue weighted by Crippen LogP contribution is -2.09. The summed E-state index contributed by atoms with van der Waals surface area (Å²) in [4.78, 5) is 4.60. The summed E-state index contributed by atoms with van der Waals surface area (Å²) in [5.74, 6) is 0.892. The molecule has 0 bridgehead atoms. The molecule has 0 amide bonds. The number of nitrogens with zero attached hydrogens (tertiary/aromatic N) is 1. The Bertz CT molecular complexity index is 400. The van der Waals surface area contributed by atoms with Crippen molar-refractivity contribution in [3.63, 3.8) is 0 Å². The highest BCUT2D eigenvalue weighted by atomic mass is 16.5. The highest BCUT2D eigenvalue weighted by molar-refractivity contribution is 5.78. The van der Waals surface area contributed by atoms with Gasteiger partial charge in [0.25, 0.3) is 0 Å². The van der Waals surface area contributed by atoms with Crippen LogP contribution in [-0.2, 0) is 0 Å². The van der Waals surface area contributed by atoms with E-state index in [2.05, 4.69) is 11.1 Å². The minimum Gasteiger partial charge on any atom is -0.497 e. The Morgan fingerprint density at radius 1 is 1.11 bits per heavy atom. The zero-order valence-electron chi connectivity index (χ0n) is 11.0. The average Bonchev–Trinajstić information content (AvgIpc) is 2.45. The fourth-order valence-electron chi connectivity index (χ4n) is 2.27. The van der Waals surface area contributed by atoms with E-state index in [1.54, 1.807) is 7.11 Å². The SMILES string of the molecule is COc1ccc(/C=C/C=NC2CCCCC2)cc1. The number of hydrogen-bond acceptors (Lipinski definition) is 2. The normalized spacial score (nSPS) is 17.6. The van der Waals surface area contributed by atoms with Crippen LogP contribution in [0.2, 0.25) is 0 Å². The van der Waals surface area contributed by atoms with Gasteiger partial charge in [0.05, 0.1) is 7.11 Å².